The summed E-state index contributed by atoms with van der Waals surface area (Å²) in [5.41, 5.74) is 0.294. The zero-order chi connectivity index (χ0) is 19.3. The van der Waals surface area contributed by atoms with E-state index in [4.69, 9.17) is 4.74 Å². The Morgan fingerprint density at radius 3 is 2.25 bits per heavy atom. The molecule has 6 nitrogen and oxygen atoms in total. The quantitative estimate of drug-likeness (QED) is 0.623. The smallest absolute Gasteiger partial charge is 0.253 e. The maximum atomic E-state index is 12.0. The highest BCUT2D eigenvalue weighted by Gasteiger charge is 2.27. The van der Waals surface area contributed by atoms with E-state index in [9.17, 15) is 9.59 Å². The van der Waals surface area contributed by atoms with E-state index in [0.717, 1.165) is 58.2 Å². The molecule has 2 aliphatic carbocycles. The third-order valence-corrected chi connectivity index (χ3v) is 6.85. The third-order valence-electron chi connectivity index (χ3n) is 6.85. The summed E-state index contributed by atoms with van der Waals surface area (Å²) in [4.78, 5) is 24.0. The van der Waals surface area contributed by atoms with Gasteiger partial charge in [0.1, 0.15) is 11.4 Å². The minimum atomic E-state index is -0.363. The summed E-state index contributed by atoms with van der Waals surface area (Å²) in [6, 6.07) is 0.241. The molecule has 28 heavy (non-hydrogen) atoms. The second kappa shape index (κ2) is 9.40. The lowest BCUT2D eigenvalue weighted by Gasteiger charge is -2.33. The lowest BCUT2D eigenvalue weighted by atomic mass is 9.86. The molecule has 6 heteroatoms. The van der Waals surface area contributed by atoms with Crippen molar-refractivity contribution in [1.82, 2.24) is 5.32 Å². The minimum absolute atomic E-state index is 0.241. The summed E-state index contributed by atoms with van der Waals surface area (Å²) < 4.78 is 6.33. The van der Waals surface area contributed by atoms with Gasteiger partial charge in [-0.25, -0.2) is 0 Å². The highest BCUT2D eigenvalue weighted by molar-refractivity contribution is 5.74. The molecule has 1 heterocycles. The fraction of sp³-hybridized carbons (Fsp3) is 0.818. The van der Waals surface area contributed by atoms with Gasteiger partial charge in [0.2, 0.25) is 0 Å². The van der Waals surface area contributed by atoms with Gasteiger partial charge in [-0.2, -0.15) is 0 Å². The molecule has 3 N–H and O–H groups in total. The van der Waals surface area contributed by atoms with E-state index >= 15 is 0 Å². The molecule has 1 aromatic rings. The molecule has 1 unspecified atom stereocenters. The third kappa shape index (κ3) is 4.77. The lowest BCUT2D eigenvalue weighted by molar-refractivity contribution is -0.0501. The van der Waals surface area contributed by atoms with Crippen molar-refractivity contribution in [1.29, 1.82) is 0 Å². The average molecular weight is 390 g/mol. The van der Waals surface area contributed by atoms with Crippen molar-refractivity contribution >= 4 is 11.4 Å². The van der Waals surface area contributed by atoms with E-state index in [1.807, 2.05) is 0 Å². The molecular weight excluding hydrogens is 354 g/mol. The second-order valence-corrected chi connectivity index (χ2v) is 9.02. The molecule has 2 saturated carbocycles. The summed E-state index contributed by atoms with van der Waals surface area (Å²) >= 11 is 0. The largest absolute Gasteiger partial charge is 0.380 e. The first-order valence-electron chi connectivity index (χ1n) is 11.4. The lowest BCUT2D eigenvalue weighted by Crippen LogP contribution is -2.44. The molecule has 0 radical (unpaired) electrons. The van der Waals surface area contributed by atoms with Crippen molar-refractivity contribution < 1.29 is 4.74 Å². The molecule has 0 spiro atoms. The topological polar surface area (TPSA) is 79.5 Å². The highest BCUT2D eigenvalue weighted by Crippen LogP contribution is 2.30. The van der Waals surface area contributed by atoms with Crippen molar-refractivity contribution in [2.24, 2.45) is 5.92 Å². The molecule has 4 rings (SSSR count). The van der Waals surface area contributed by atoms with Crippen LogP contribution in [0.25, 0.3) is 0 Å². The number of piperidine rings is 1. The zero-order valence-electron chi connectivity index (χ0n) is 16.9. The van der Waals surface area contributed by atoms with Crippen LogP contribution in [0.4, 0.5) is 11.4 Å². The molecular formula is C22H35N3O3. The van der Waals surface area contributed by atoms with Crippen molar-refractivity contribution in [3.63, 3.8) is 0 Å². The predicted octanol–water partition coefficient (Wildman–Crippen LogP) is 2.77. The maximum absolute atomic E-state index is 12.0. The van der Waals surface area contributed by atoms with Crippen LogP contribution in [0.15, 0.2) is 9.59 Å². The predicted molar refractivity (Wildman–Crippen MR) is 113 cm³/mol. The van der Waals surface area contributed by atoms with E-state index in [2.05, 4.69) is 16.0 Å². The van der Waals surface area contributed by atoms with Crippen LogP contribution in [0.1, 0.15) is 70.6 Å². The SMILES string of the molecule is O=c1c(NCC2CCC(OC3CCCCC3)CC2)c(NC2CCCNC2)c1=O. The molecule has 3 fully saturated rings. The first-order chi connectivity index (χ1) is 13.7. The molecule has 156 valence electrons. The van der Waals surface area contributed by atoms with Crippen LogP contribution >= 0.6 is 0 Å². The first-order valence-corrected chi connectivity index (χ1v) is 11.4. The van der Waals surface area contributed by atoms with Crippen LogP contribution in [-0.2, 0) is 4.74 Å². The van der Waals surface area contributed by atoms with E-state index in [0.29, 0.717) is 29.5 Å². The zero-order valence-corrected chi connectivity index (χ0v) is 16.9. The Morgan fingerprint density at radius 1 is 0.821 bits per heavy atom. The number of hydrogen-bond acceptors (Lipinski definition) is 6. The van der Waals surface area contributed by atoms with Crippen molar-refractivity contribution in [3.8, 4) is 0 Å². The van der Waals surface area contributed by atoms with Gasteiger partial charge in [-0.1, -0.05) is 19.3 Å². The van der Waals surface area contributed by atoms with Gasteiger partial charge in [0.05, 0.1) is 12.2 Å². The maximum Gasteiger partial charge on any atom is 0.253 e. The molecule has 1 aromatic carbocycles. The number of ether oxygens (including phenoxy) is 1. The van der Waals surface area contributed by atoms with Crippen molar-refractivity contribution in [2.75, 3.05) is 30.3 Å². The van der Waals surface area contributed by atoms with Gasteiger partial charge in [0.25, 0.3) is 10.9 Å². The van der Waals surface area contributed by atoms with E-state index in [-0.39, 0.29) is 16.9 Å². The van der Waals surface area contributed by atoms with Crippen LogP contribution in [0.3, 0.4) is 0 Å². The van der Waals surface area contributed by atoms with Crippen molar-refractivity contribution in [2.45, 2.75) is 88.9 Å². The Morgan fingerprint density at radius 2 is 1.54 bits per heavy atom. The van der Waals surface area contributed by atoms with Crippen LogP contribution in [0.5, 0.6) is 0 Å². The highest BCUT2D eigenvalue weighted by atomic mass is 16.5. The van der Waals surface area contributed by atoms with Gasteiger partial charge in [-0.3, -0.25) is 9.59 Å². The minimum Gasteiger partial charge on any atom is -0.380 e. The summed E-state index contributed by atoms with van der Waals surface area (Å²) in [6.45, 7) is 2.66. The second-order valence-electron chi connectivity index (χ2n) is 9.02. The molecule has 3 aliphatic rings. The number of anilines is 2. The molecule has 0 bridgehead atoms. The summed E-state index contributed by atoms with van der Waals surface area (Å²) in [6.07, 6.45) is 14.0. The van der Waals surface area contributed by atoms with Crippen LogP contribution in [-0.4, -0.2) is 37.9 Å². The Labute approximate surface area is 167 Å². The van der Waals surface area contributed by atoms with Crippen LogP contribution < -0.4 is 26.8 Å². The average Bonchev–Trinajstić information content (AvgIpc) is 2.75. The Bertz CT molecular complexity index is 692. The number of hydrogen-bond donors (Lipinski definition) is 3. The molecule has 1 aliphatic heterocycles. The van der Waals surface area contributed by atoms with E-state index in [1.54, 1.807) is 0 Å². The van der Waals surface area contributed by atoms with Crippen molar-refractivity contribution in [3.05, 3.63) is 20.4 Å². The van der Waals surface area contributed by atoms with Gasteiger partial charge in [-0.05, 0) is 63.8 Å². The number of nitrogens with one attached hydrogen (secondary N) is 3. The number of rotatable bonds is 7. The first kappa shape index (κ1) is 19.9. The van der Waals surface area contributed by atoms with Gasteiger partial charge in [0, 0.05) is 19.1 Å². The molecule has 0 amide bonds. The monoisotopic (exact) mass is 389 g/mol. The van der Waals surface area contributed by atoms with Gasteiger partial charge in [-0.15, -0.1) is 0 Å². The molecule has 0 aromatic heterocycles. The van der Waals surface area contributed by atoms with Gasteiger partial charge < -0.3 is 20.7 Å². The Kier molecular flexibility index (Phi) is 6.68. The summed E-state index contributed by atoms with van der Waals surface area (Å²) in [7, 11) is 0. The van der Waals surface area contributed by atoms with Gasteiger partial charge >= 0.3 is 0 Å². The molecule has 1 atom stereocenters. The Hall–Kier alpha value is -1.40. The van der Waals surface area contributed by atoms with Crippen LogP contribution in [0, 0.1) is 5.92 Å². The van der Waals surface area contributed by atoms with E-state index < -0.39 is 0 Å². The standard InChI is InChI=1S/C22H35N3O3/c26-21-19(20(22(21)27)25-16-5-4-12-23-14-16)24-13-15-8-10-18(11-9-15)28-17-6-2-1-3-7-17/h15-18,23-25H,1-14H2. The fourth-order valence-electron chi connectivity index (χ4n) is 5.07. The summed E-state index contributed by atoms with van der Waals surface area (Å²) in [5, 5.41) is 9.91. The van der Waals surface area contributed by atoms with Gasteiger partial charge in [0.15, 0.2) is 0 Å². The normalized spacial score (nSPS) is 29.6. The molecule has 1 saturated heterocycles. The van der Waals surface area contributed by atoms with Crippen LogP contribution in [0.2, 0.25) is 0 Å². The summed E-state index contributed by atoms with van der Waals surface area (Å²) in [5.74, 6) is 0.555. The fourth-order valence-corrected chi connectivity index (χ4v) is 5.07. The van der Waals surface area contributed by atoms with E-state index in [1.165, 1.54) is 32.1 Å². The Balaban J connectivity index is 1.21.